The molecule has 2 atom stereocenters. The first kappa shape index (κ1) is 94.8. The molecule has 29 nitrogen and oxygen atoms in total. The van der Waals surface area contributed by atoms with Crippen LogP contribution in [0.2, 0.25) is 41.5 Å². The van der Waals surface area contributed by atoms with Gasteiger partial charge in [0.05, 0.1) is 41.3 Å². The molecule has 1 aliphatic heterocycles. The zero-order chi connectivity index (χ0) is 85.9. The fourth-order valence-corrected chi connectivity index (χ4v) is 14.7. The third kappa shape index (κ3) is 29.4. The largest absolute Gasteiger partial charge is 0.768 e. The van der Waals surface area contributed by atoms with Gasteiger partial charge in [-0.3, -0.25) is 19.5 Å². The van der Waals surface area contributed by atoms with Crippen LogP contribution in [0.3, 0.4) is 0 Å². The number of sulfonamides is 2. The molecule has 630 valence electrons. The molecule has 116 heavy (non-hydrogen) atoms. The number of hydrogen-bond donors (Lipinski definition) is 10. The van der Waals surface area contributed by atoms with Gasteiger partial charge in [-0.1, -0.05) is 77.9 Å². The van der Waals surface area contributed by atoms with Gasteiger partial charge in [0.15, 0.2) is 45.7 Å². The van der Waals surface area contributed by atoms with Crippen LogP contribution in [0.1, 0.15) is 194 Å². The van der Waals surface area contributed by atoms with E-state index in [2.05, 4.69) is 144 Å². The topological polar surface area (TPSA) is 429 Å². The molecule has 0 radical (unpaired) electrons. The number of halogens is 4. The summed E-state index contributed by atoms with van der Waals surface area (Å²) in [5.74, 6) is 6.06. The van der Waals surface area contributed by atoms with Gasteiger partial charge >= 0.3 is 12.1 Å². The van der Waals surface area contributed by atoms with Crippen molar-refractivity contribution in [2.75, 3.05) is 16.0 Å². The van der Waals surface area contributed by atoms with E-state index < -0.39 is 65.4 Å². The molecule has 3 saturated carbocycles. The highest BCUT2D eigenvalue weighted by Crippen LogP contribution is 2.44. The van der Waals surface area contributed by atoms with Crippen LogP contribution >= 0.6 is 46.0 Å². The monoisotopic (exact) mass is 1760 g/mol. The van der Waals surface area contributed by atoms with E-state index in [4.69, 9.17) is 80.0 Å². The van der Waals surface area contributed by atoms with E-state index >= 15 is 0 Å². The Morgan fingerprint density at radius 2 is 1.02 bits per heavy atom. The number of hydrogen-bond acceptors (Lipinski definition) is 24. The van der Waals surface area contributed by atoms with Crippen LogP contribution in [0.4, 0.5) is 34.9 Å². The Balaban J connectivity index is 0.000000192. The smallest absolute Gasteiger partial charge is 0.494 e. The van der Waals surface area contributed by atoms with E-state index in [-0.39, 0.29) is 53.9 Å². The highest BCUT2D eigenvalue weighted by molar-refractivity contribution is 7.89. The molecule has 2 unspecified atom stereocenters. The predicted molar refractivity (Wildman–Crippen MR) is 467 cm³/mol. The Labute approximate surface area is 707 Å². The minimum atomic E-state index is -3.83. The molecule has 6 aromatic heterocycles. The van der Waals surface area contributed by atoms with Crippen LogP contribution in [0.5, 0.6) is 0 Å². The van der Waals surface area contributed by atoms with Crippen molar-refractivity contribution in [2.24, 2.45) is 10.9 Å². The molecule has 0 amide bonds. The van der Waals surface area contributed by atoms with Gasteiger partial charge in [0.2, 0.25) is 25.3 Å². The zero-order valence-corrected chi connectivity index (χ0v) is 76.6. The van der Waals surface area contributed by atoms with Crippen LogP contribution in [0, 0.1) is 0 Å². The van der Waals surface area contributed by atoms with Crippen LogP contribution in [0.15, 0.2) is 124 Å². The first-order valence-electron chi connectivity index (χ1n) is 37.9. The van der Waals surface area contributed by atoms with Crippen molar-refractivity contribution in [3.63, 3.8) is 0 Å². The number of benzene rings is 3. The van der Waals surface area contributed by atoms with Crippen molar-refractivity contribution < 1.29 is 48.9 Å². The maximum Gasteiger partial charge on any atom is 0.494 e. The van der Waals surface area contributed by atoms with Crippen molar-refractivity contribution in [2.45, 2.75) is 254 Å². The highest BCUT2D eigenvalue weighted by atomic mass is 35.6. The summed E-state index contributed by atoms with van der Waals surface area (Å²) in [6, 6.07) is 25.3. The van der Waals surface area contributed by atoms with Crippen LogP contribution in [-0.4, -0.2) is 143 Å². The normalized spacial score (nSPS) is 16.0. The van der Waals surface area contributed by atoms with Gasteiger partial charge in [0.1, 0.15) is 17.5 Å². The standard InChI is InChI=1S/C27H40N6O3SSi.C17H26ClN5OSi.C17H18N6O3S.C11H15BO4S.C4H11N.BCl3/c1-26(2,3)33-37(34,35)21-11-9-10-19(14-21)24-28-16-20(17-36-38(7,8)27(4,5)6)25(30-24)29-23-15-22(31-32-23)18-12-13-18;1-17(2,3)25(4,5)24-10-12-9-19-16(18)21-15(12)20-14-8-13(22-23-14)11-6-7-11;18-27(25,26)13-3-1-2-11(6-13)16-19-8-12(9-24)17(21-16)20-15-7-14(22-23-15)10-4-5-10;1-8-11(2,3)16-12(15-8)9-5-4-6-10(7-9)17(13)14;1-4(2,3)5;2-1(3)4/h9-11,14-16,18,33H,12-13,17H2,1-8H3,(H2,28,29,30,31,32);8-9,11H,6-7,10H2,1-5H3,(H2,19,20,21,22,23);1-3,6-8,10,24H,4-5,9H2,(H2,18,25,26)(H2,19,20,21,22,23);4-8H,1-3H3,(H,13,14);5H2,1-3H3;/p-1. The summed E-state index contributed by atoms with van der Waals surface area (Å²) in [6.45, 7) is 39.9. The minimum Gasteiger partial charge on any atom is -0.768 e. The van der Waals surface area contributed by atoms with E-state index in [0.29, 0.717) is 88.4 Å². The quantitative estimate of drug-likeness (QED) is 0.0161. The molecule has 12 N–H and O–H groups in total. The van der Waals surface area contributed by atoms with Crippen molar-refractivity contribution in [1.29, 1.82) is 0 Å². The van der Waals surface area contributed by atoms with Gasteiger partial charge in [-0.15, -0.1) is 0 Å². The Hall–Kier alpha value is -6.66. The molecule has 4 fully saturated rings. The molecule has 0 bridgehead atoms. The lowest BCUT2D eigenvalue weighted by molar-refractivity contribution is 0.0842. The number of anilines is 6. The summed E-state index contributed by atoms with van der Waals surface area (Å²) in [5, 5.41) is 47.0. The Bertz CT molecular complexity index is 5050. The number of nitrogens with zero attached hydrogens (tertiary/aromatic N) is 9. The second-order valence-electron chi connectivity index (χ2n) is 34.4. The summed E-state index contributed by atoms with van der Waals surface area (Å²) < 4.78 is 97.6. The molecule has 3 aliphatic carbocycles. The number of primary sulfonamides is 1. The fourth-order valence-electron chi connectivity index (χ4n) is 10.2. The van der Waals surface area contributed by atoms with Gasteiger partial charge in [-0.05, 0) is 202 Å². The summed E-state index contributed by atoms with van der Waals surface area (Å²) in [4.78, 5) is 26.1. The fraction of sp³-hybridized carbons (Fsp3) is 0.487. The molecule has 13 rings (SSSR count). The van der Waals surface area contributed by atoms with E-state index in [1.807, 2.05) is 80.5 Å². The van der Waals surface area contributed by atoms with Crippen molar-refractivity contribution in [3.05, 3.63) is 149 Å². The molecule has 1 saturated heterocycles. The highest BCUT2D eigenvalue weighted by Gasteiger charge is 2.44. The lowest BCUT2D eigenvalue weighted by Crippen LogP contribution is -2.40. The maximum atomic E-state index is 12.9. The molecule has 7 heterocycles. The van der Waals surface area contributed by atoms with Crippen LogP contribution in [-0.2, 0) is 69.1 Å². The Morgan fingerprint density at radius 3 is 1.40 bits per heavy atom. The third-order valence-corrected chi connectivity index (χ3v) is 31.9. The second-order valence-corrected chi connectivity index (χ2v) is 50.6. The van der Waals surface area contributed by atoms with Gasteiger partial charge in [0.25, 0.3) is 0 Å². The average Bonchev–Trinajstić information content (AvgIpc) is 1.39. The van der Waals surface area contributed by atoms with Gasteiger partial charge in [-0.2, -0.15) is 49.7 Å². The average molecular weight is 1770 g/mol. The van der Waals surface area contributed by atoms with E-state index in [1.54, 1.807) is 67.0 Å². The molecular formula is C76H109B2Cl4N18O11S3Si2-. The van der Waals surface area contributed by atoms with Gasteiger partial charge in [0, 0.05) is 115 Å². The third-order valence-electron chi connectivity index (χ3n) is 19.4. The van der Waals surface area contributed by atoms with Crippen molar-refractivity contribution in [1.82, 2.24) is 65.2 Å². The molecule has 0 spiro atoms. The number of rotatable bonds is 23. The lowest BCUT2D eigenvalue weighted by Gasteiger charge is -2.36. The molecule has 3 aromatic carbocycles. The summed E-state index contributed by atoms with van der Waals surface area (Å²) in [6.07, 6.45) is 12.0. The van der Waals surface area contributed by atoms with E-state index in [0.717, 1.165) is 46.6 Å². The summed E-state index contributed by atoms with van der Waals surface area (Å²) in [7, 11) is -11.9. The molecule has 40 heteroatoms. The number of H-pyrrole nitrogens is 3. The predicted octanol–water partition coefficient (Wildman–Crippen LogP) is 16.0. The van der Waals surface area contributed by atoms with E-state index in [9.17, 15) is 30.7 Å². The number of aromatic nitrogens is 12. The van der Waals surface area contributed by atoms with Gasteiger partial charge < -0.3 is 49.5 Å². The lowest BCUT2D eigenvalue weighted by atomic mass is 9.79. The van der Waals surface area contributed by atoms with Crippen LogP contribution < -0.4 is 37.0 Å². The first-order chi connectivity index (χ1) is 53.8. The van der Waals surface area contributed by atoms with Crippen LogP contribution in [0.25, 0.3) is 22.8 Å². The number of aliphatic hydroxyl groups is 1. The van der Waals surface area contributed by atoms with Crippen molar-refractivity contribution >= 4 is 146 Å². The molecular weight excluding hydrogens is 1660 g/mol. The van der Waals surface area contributed by atoms with Gasteiger partial charge in [-0.25, -0.2) is 56.6 Å². The minimum absolute atomic E-state index is 0. The maximum absolute atomic E-state index is 12.9. The zero-order valence-electron chi connectivity index (χ0n) is 69.2. The number of nitrogens with one attached hydrogen (secondary N) is 7. The SMILES string of the molecule is CC(C)(C)N.CC(C)(C)NS(=O)(=O)c1cccc(-c2ncc(CO[Si](C)(C)C(C)(C)C)c(Nc3cc(C4CC4)[nH]n3)n2)c1.CC(C)(C)[Si](C)(C)OCc1cnc(Cl)nc1Nc1cc(C2CC2)[nH]n1.CC1OB(c2cccc(S(=O)[O-])c2)OC1(C)C.ClB(Cl)Cl.NS(=O)(=O)c1cccc(-c2ncc(CO)c(Nc3cc(C4CC4)[nH]n3)n2)c1. The number of aliphatic hydroxyl groups excluding tert-OH is 1. The Morgan fingerprint density at radius 1 is 0.629 bits per heavy atom. The number of nitrogens with two attached hydrogens (primary N) is 2. The second kappa shape index (κ2) is 39.3. The molecule has 4 aliphatic rings. The van der Waals surface area contributed by atoms with Crippen molar-refractivity contribution in [3.8, 4) is 22.8 Å². The molecule has 9 aromatic rings. The van der Waals surface area contributed by atoms with E-state index in [1.165, 1.54) is 55.8 Å². The summed E-state index contributed by atoms with van der Waals surface area (Å²) >= 11 is 18.2. The number of aromatic amines is 3. The Kier molecular flexibility index (Phi) is 32.1. The first-order valence-corrected chi connectivity index (χ1v) is 49.5. The summed E-state index contributed by atoms with van der Waals surface area (Å²) in [5.41, 5.74) is 11.8.